The highest BCUT2D eigenvalue weighted by Gasteiger charge is 2.42. The lowest BCUT2D eigenvalue weighted by Gasteiger charge is -2.25. The summed E-state index contributed by atoms with van der Waals surface area (Å²) >= 11 is 1.55. The Labute approximate surface area is 176 Å². The molecule has 2 heterocycles. The number of aromatic nitrogens is 4. The third-order valence-electron chi connectivity index (χ3n) is 4.78. The van der Waals surface area contributed by atoms with Crippen LogP contribution in [0, 0.1) is 0 Å². The third-order valence-corrected chi connectivity index (χ3v) is 5.43. The molecule has 1 atom stereocenters. The lowest BCUT2D eigenvalue weighted by molar-refractivity contribution is -0.120. The molecular weight excluding hydrogens is 404 g/mol. The first-order valence-electron chi connectivity index (χ1n) is 9.20. The van der Waals surface area contributed by atoms with Crippen molar-refractivity contribution in [1.82, 2.24) is 25.1 Å². The molecule has 1 aliphatic rings. The molecule has 30 heavy (non-hydrogen) atoms. The van der Waals surface area contributed by atoms with E-state index in [1.807, 2.05) is 6.26 Å². The van der Waals surface area contributed by atoms with E-state index in [9.17, 15) is 14.4 Å². The van der Waals surface area contributed by atoms with Crippen LogP contribution >= 0.6 is 11.8 Å². The summed E-state index contributed by atoms with van der Waals surface area (Å²) in [6, 6.07) is 12.7. The van der Waals surface area contributed by atoms with Crippen molar-refractivity contribution in [2.24, 2.45) is 0 Å². The standard InChI is InChI=1S/C20H18N6O3S/c1-30-11-10-17(26-19(28)15-4-2-3-5-16(15)20(26)29)18(27)22-13-6-8-14(9-7-13)25-12-21-23-24-25/h2-9,12,17H,10-11H2,1H3,(H,22,27). The van der Waals surface area contributed by atoms with Gasteiger partial charge in [-0.15, -0.1) is 5.10 Å². The molecule has 0 saturated carbocycles. The molecule has 0 bridgehead atoms. The summed E-state index contributed by atoms with van der Waals surface area (Å²) < 4.78 is 1.49. The Kier molecular flexibility index (Phi) is 5.57. The number of carbonyl (C=O) groups excluding carboxylic acids is 3. The van der Waals surface area contributed by atoms with Crippen LogP contribution < -0.4 is 5.32 Å². The molecule has 1 N–H and O–H groups in total. The van der Waals surface area contributed by atoms with Gasteiger partial charge in [0.2, 0.25) is 5.91 Å². The van der Waals surface area contributed by atoms with Gasteiger partial charge in [0.15, 0.2) is 0 Å². The van der Waals surface area contributed by atoms with Crippen LogP contribution in [0.4, 0.5) is 5.69 Å². The second-order valence-corrected chi connectivity index (χ2v) is 7.60. The molecule has 0 spiro atoms. The van der Waals surface area contributed by atoms with E-state index in [0.29, 0.717) is 29.0 Å². The highest BCUT2D eigenvalue weighted by atomic mass is 32.2. The van der Waals surface area contributed by atoms with Gasteiger partial charge >= 0.3 is 0 Å². The zero-order valence-electron chi connectivity index (χ0n) is 16.1. The summed E-state index contributed by atoms with van der Waals surface area (Å²) in [7, 11) is 0. The van der Waals surface area contributed by atoms with Gasteiger partial charge in [0, 0.05) is 5.69 Å². The number of nitrogens with one attached hydrogen (secondary N) is 1. The van der Waals surface area contributed by atoms with E-state index in [-0.39, 0.29) is 0 Å². The number of hydrogen-bond donors (Lipinski definition) is 1. The van der Waals surface area contributed by atoms with Gasteiger partial charge in [0.25, 0.3) is 11.8 Å². The number of amides is 3. The Bertz CT molecular complexity index is 1050. The van der Waals surface area contributed by atoms with Crippen molar-refractivity contribution >= 4 is 35.2 Å². The second kappa shape index (κ2) is 8.46. The molecule has 0 fully saturated rings. The highest BCUT2D eigenvalue weighted by molar-refractivity contribution is 7.98. The van der Waals surface area contributed by atoms with Crippen LogP contribution in [0.2, 0.25) is 0 Å². The number of hydrogen-bond acceptors (Lipinski definition) is 7. The summed E-state index contributed by atoms with van der Waals surface area (Å²) in [5, 5.41) is 13.8. The SMILES string of the molecule is CSCCC(C(=O)Nc1ccc(-n2cnnn2)cc1)N1C(=O)c2ccccc2C1=O. The minimum atomic E-state index is -0.899. The molecule has 1 aromatic heterocycles. The van der Waals surface area contributed by atoms with E-state index in [4.69, 9.17) is 0 Å². The number of tetrazole rings is 1. The molecule has 0 aliphatic carbocycles. The average Bonchev–Trinajstić information content (AvgIpc) is 3.38. The van der Waals surface area contributed by atoms with Crippen molar-refractivity contribution in [3.63, 3.8) is 0 Å². The zero-order chi connectivity index (χ0) is 21.1. The van der Waals surface area contributed by atoms with Gasteiger partial charge in [-0.3, -0.25) is 19.3 Å². The maximum atomic E-state index is 13.1. The average molecular weight is 422 g/mol. The summed E-state index contributed by atoms with van der Waals surface area (Å²) in [6.45, 7) is 0. The molecule has 4 rings (SSSR count). The predicted octanol–water partition coefficient (Wildman–Crippen LogP) is 2.02. The largest absolute Gasteiger partial charge is 0.324 e. The van der Waals surface area contributed by atoms with Crippen LogP contribution in [0.5, 0.6) is 0 Å². The zero-order valence-corrected chi connectivity index (χ0v) is 16.9. The molecule has 1 aliphatic heterocycles. The Morgan fingerprint density at radius 3 is 2.30 bits per heavy atom. The fraction of sp³-hybridized carbons (Fsp3) is 0.200. The second-order valence-electron chi connectivity index (χ2n) is 6.61. The van der Waals surface area contributed by atoms with Gasteiger partial charge in [-0.1, -0.05) is 12.1 Å². The summed E-state index contributed by atoms with van der Waals surface area (Å²) in [4.78, 5) is 39.8. The van der Waals surface area contributed by atoms with Crippen molar-refractivity contribution < 1.29 is 14.4 Å². The maximum Gasteiger partial charge on any atom is 0.262 e. The van der Waals surface area contributed by atoms with Crippen LogP contribution in [0.1, 0.15) is 27.1 Å². The number of carbonyl (C=O) groups is 3. The van der Waals surface area contributed by atoms with E-state index in [1.54, 1.807) is 60.3 Å². The number of benzene rings is 2. The van der Waals surface area contributed by atoms with Gasteiger partial charge < -0.3 is 5.32 Å². The predicted molar refractivity (Wildman–Crippen MR) is 112 cm³/mol. The normalized spacial score (nSPS) is 14.0. The fourth-order valence-electron chi connectivity index (χ4n) is 3.30. The molecule has 3 amide bonds. The molecule has 2 aromatic carbocycles. The maximum absolute atomic E-state index is 13.1. The molecule has 152 valence electrons. The van der Waals surface area contributed by atoms with Crippen LogP contribution in [0.15, 0.2) is 54.9 Å². The number of anilines is 1. The Morgan fingerprint density at radius 1 is 1.07 bits per heavy atom. The van der Waals surface area contributed by atoms with E-state index in [1.165, 1.54) is 11.0 Å². The van der Waals surface area contributed by atoms with E-state index in [0.717, 1.165) is 10.6 Å². The number of thioether (sulfide) groups is 1. The molecule has 10 heteroatoms. The topological polar surface area (TPSA) is 110 Å². The number of fused-ring (bicyclic) bond motifs is 1. The van der Waals surface area contributed by atoms with Gasteiger partial charge in [-0.2, -0.15) is 11.8 Å². The monoisotopic (exact) mass is 422 g/mol. The first kappa shape index (κ1) is 19.8. The summed E-state index contributed by atoms with van der Waals surface area (Å²) in [5.74, 6) is -0.658. The van der Waals surface area contributed by atoms with Gasteiger partial charge in [-0.05, 0) is 65.3 Å². The van der Waals surface area contributed by atoms with Crippen LogP contribution in [0.25, 0.3) is 5.69 Å². The lowest BCUT2D eigenvalue weighted by atomic mass is 10.1. The van der Waals surface area contributed by atoms with Gasteiger partial charge in [0.1, 0.15) is 12.4 Å². The third kappa shape index (κ3) is 3.69. The molecule has 9 nitrogen and oxygen atoms in total. The van der Waals surface area contributed by atoms with Crippen molar-refractivity contribution in [2.45, 2.75) is 12.5 Å². The van der Waals surface area contributed by atoms with Crippen molar-refractivity contribution in [1.29, 1.82) is 0 Å². The minimum Gasteiger partial charge on any atom is -0.324 e. The Morgan fingerprint density at radius 2 is 1.73 bits per heavy atom. The van der Waals surface area contributed by atoms with E-state index >= 15 is 0 Å². The Balaban J connectivity index is 1.55. The molecule has 1 unspecified atom stereocenters. The molecule has 0 saturated heterocycles. The number of imide groups is 1. The first-order chi connectivity index (χ1) is 14.6. The minimum absolute atomic E-state index is 0.329. The van der Waals surface area contributed by atoms with Crippen LogP contribution in [0.3, 0.4) is 0 Å². The number of rotatable bonds is 7. The lowest BCUT2D eigenvalue weighted by Crippen LogP contribution is -2.47. The Hall–Kier alpha value is -3.53. The number of nitrogens with zero attached hydrogens (tertiary/aromatic N) is 5. The van der Waals surface area contributed by atoms with E-state index < -0.39 is 23.8 Å². The van der Waals surface area contributed by atoms with E-state index in [2.05, 4.69) is 20.8 Å². The first-order valence-corrected chi connectivity index (χ1v) is 10.6. The highest BCUT2D eigenvalue weighted by Crippen LogP contribution is 2.27. The van der Waals surface area contributed by atoms with Crippen molar-refractivity contribution in [3.05, 3.63) is 66.0 Å². The summed E-state index contributed by atoms with van der Waals surface area (Å²) in [6.07, 6.45) is 3.74. The molecular formula is C20H18N6O3S. The van der Waals surface area contributed by atoms with Crippen molar-refractivity contribution in [2.75, 3.05) is 17.3 Å². The smallest absolute Gasteiger partial charge is 0.262 e. The van der Waals surface area contributed by atoms with Crippen LogP contribution in [-0.2, 0) is 4.79 Å². The van der Waals surface area contributed by atoms with Crippen molar-refractivity contribution in [3.8, 4) is 5.69 Å². The van der Waals surface area contributed by atoms with Crippen LogP contribution in [-0.4, -0.2) is 60.9 Å². The van der Waals surface area contributed by atoms with Gasteiger partial charge in [0.05, 0.1) is 16.8 Å². The molecule has 0 radical (unpaired) electrons. The summed E-state index contributed by atoms with van der Waals surface area (Å²) in [5.41, 5.74) is 1.94. The molecule has 3 aromatic rings. The quantitative estimate of drug-likeness (QED) is 0.580. The van der Waals surface area contributed by atoms with Gasteiger partial charge in [-0.25, -0.2) is 4.68 Å². The fourth-order valence-corrected chi connectivity index (χ4v) is 3.76.